The van der Waals surface area contributed by atoms with E-state index < -0.39 is 32.0 Å². The highest BCUT2D eigenvalue weighted by Crippen LogP contribution is 2.22. The van der Waals surface area contributed by atoms with Crippen LogP contribution in [0.2, 0.25) is 0 Å². The second-order valence-corrected chi connectivity index (χ2v) is 12.1. The summed E-state index contributed by atoms with van der Waals surface area (Å²) in [5.41, 5.74) is 6.60. The highest BCUT2D eigenvalue weighted by Gasteiger charge is 2.28. The molecule has 0 bridgehead atoms. The summed E-state index contributed by atoms with van der Waals surface area (Å²) in [6.45, 7) is 5.64. The van der Waals surface area contributed by atoms with Gasteiger partial charge in [0.05, 0.1) is 15.5 Å². The van der Waals surface area contributed by atoms with Crippen LogP contribution in [0.5, 0.6) is 0 Å². The van der Waals surface area contributed by atoms with Gasteiger partial charge in [0.1, 0.15) is 6.04 Å². The molecule has 1 unspecified atom stereocenters. The Balaban J connectivity index is 1.64. The molecule has 2 aromatic carbocycles. The largest absolute Gasteiger partial charge is 0.299 e. The van der Waals surface area contributed by atoms with Crippen LogP contribution in [0.25, 0.3) is 0 Å². The molecule has 1 saturated carbocycles. The minimum atomic E-state index is -3.89. The van der Waals surface area contributed by atoms with Crippen LogP contribution >= 0.6 is 0 Å². The van der Waals surface area contributed by atoms with Gasteiger partial charge in [-0.05, 0) is 68.5 Å². The lowest BCUT2D eigenvalue weighted by Crippen LogP contribution is -2.48. The Hall–Kier alpha value is -2.47. The van der Waals surface area contributed by atoms with Crippen molar-refractivity contribution >= 4 is 31.6 Å². The van der Waals surface area contributed by atoms with Crippen molar-refractivity contribution < 1.29 is 21.6 Å². The lowest BCUT2D eigenvalue weighted by atomic mass is 10.0. The summed E-state index contributed by atoms with van der Waals surface area (Å²) < 4.78 is 55.1. The molecule has 33 heavy (non-hydrogen) atoms. The molecule has 0 aliphatic heterocycles. The average Bonchev–Trinajstić information content (AvgIpc) is 3.55. The number of hydrogen-bond donors (Lipinski definition) is 4. The summed E-state index contributed by atoms with van der Waals surface area (Å²) in [4.78, 5) is 13.0. The number of carbonyl (C=O) groups excluding carboxylic acids is 1. The van der Waals surface area contributed by atoms with Gasteiger partial charge < -0.3 is 0 Å². The zero-order chi connectivity index (χ0) is 24.2. The number of aryl methyl sites for hydroxylation is 1. The Kier molecular flexibility index (Phi) is 7.78. The van der Waals surface area contributed by atoms with Crippen LogP contribution < -0.4 is 20.3 Å². The molecular weight excluding hydrogens is 464 g/mol. The highest BCUT2D eigenvalue weighted by molar-refractivity contribution is 7.89. The lowest BCUT2D eigenvalue weighted by molar-refractivity contribution is -0.122. The number of anilines is 1. The Bertz CT molecular complexity index is 1170. The van der Waals surface area contributed by atoms with Gasteiger partial charge in [-0.25, -0.2) is 21.6 Å². The Labute approximate surface area is 195 Å². The molecular formula is C22H30N4O5S2. The summed E-state index contributed by atoms with van der Waals surface area (Å²) in [5.74, 6) is -0.489. The minimum Gasteiger partial charge on any atom is -0.299 e. The first-order valence-corrected chi connectivity index (χ1v) is 13.7. The van der Waals surface area contributed by atoms with Crippen LogP contribution in [-0.4, -0.2) is 34.8 Å². The van der Waals surface area contributed by atoms with Crippen LogP contribution in [0, 0.1) is 12.8 Å². The zero-order valence-electron chi connectivity index (χ0n) is 18.8. The van der Waals surface area contributed by atoms with Gasteiger partial charge in [-0.2, -0.15) is 4.72 Å². The van der Waals surface area contributed by atoms with Gasteiger partial charge in [-0.3, -0.25) is 15.6 Å². The van der Waals surface area contributed by atoms with E-state index in [2.05, 4.69) is 20.3 Å². The molecule has 1 amide bonds. The minimum absolute atomic E-state index is 0.00803. The molecule has 3 rings (SSSR count). The Morgan fingerprint density at radius 3 is 2.00 bits per heavy atom. The van der Waals surface area contributed by atoms with E-state index in [4.69, 9.17) is 0 Å². The zero-order valence-corrected chi connectivity index (χ0v) is 20.5. The summed E-state index contributed by atoms with van der Waals surface area (Å²) in [6.07, 6.45) is 1.98. The van der Waals surface area contributed by atoms with E-state index in [0.29, 0.717) is 12.1 Å². The predicted molar refractivity (Wildman–Crippen MR) is 126 cm³/mol. The molecule has 1 fully saturated rings. The van der Waals surface area contributed by atoms with Gasteiger partial charge in [0.25, 0.3) is 5.91 Å². The highest BCUT2D eigenvalue weighted by atomic mass is 32.2. The number of benzene rings is 2. The molecule has 4 N–H and O–H groups in total. The van der Waals surface area contributed by atoms with E-state index in [0.717, 1.165) is 18.4 Å². The van der Waals surface area contributed by atoms with Gasteiger partial charge >= 0.3 is 0 Å². The molecule has 0 aromatic heterocycles. The van der Waals surface area contributed by atoms with Crippen molar-refractivity contribution in [2.45, 2.75) is 61.9 Å². The van der Waals surface area contributed by atoms with Gasteiger partial charge in [-0.15, -0.1) is 0 Å². The van der Waals surface area contributed by atoms with Crippen LogP contribution in [-0.2, 0) is 24.8 Å². The summed E-state index contributed by atoms with van der Waals surface area (Å²) in [5, 5.41) is 0. The first-order chi connectivity index (χ1) is 15.5. The van der Waals surface area contributed by atoms with Crippen molar-refractivity contribution in [1.82, 2.24) is 14.9 Å². The van der Waals surface area contributed by atoms with E-state index in [1.807, 2.05) is 20.8 Å². The number of rotatable bonds is 11. The lowest BCUT2D eigenvalue weighted by Gasteiger charge is -2.21. The third kappa shape index (κ3) is 7.26. The fraction of sp³-hybridized carbons (Fsp3) is 0.409. The fourth-order valence-corrected chi connectivity index (χ4v) is 5.59. The maximum Gasteiger partial charge on any atom is 0.256 e. The summed E-state index contributed by atoms with van der Waals surface area (Å²) in [7, 11) is -7.45. The Morgan fingerprint density at radius 2 is 1.45 bits per heavy atom. The predicted octanol–water partition coefficient (Wildman–Crippen LogP) is 2.27. The number of nitrogens with one attached hydrogen (secondary N) is 4. The molecule has 0 saturated heterocycles. The molecule has 1 aliphatic carbocycles. The van der Waals surface area contributed by atoms with Crippen LogP contribution in [0.1, 0.15) is 38.7 Å². The maximum atomic E-state index is 12.8. The molecule has 0 spiro atoms. The topological polar surface area (TPSA) is 133 Å². The SMILES string of the molecule is Cc1ccc(S(=O)(=O)NC(CC(C)C)C(=O)NNc2ccc(S(=O)(=O)NC3CC3)cc2)cc1. The third-order valence-electron chi connectivity index (χ3n) is 5.05. The summed E-state index contributed by atoms with van der Waals surface area (Å²) >= 11 is 0. The molecule has 9 nitrogen and oxygen atoms in total. The standard InChI is InChI=1S/C22H30N4O5S2/c1-15(2)14-21(26-33(30,31)19-10-4-16(3)5-11-19)22(27)24-23-17-8-12-20(13-9-17)32(28,29)25-18-6-7-18/h4-5,8-13,15,18,21,23,25-26H,6-7,14H2,1-3H3,(H,24,27). The van der Waals surface area contributed by atoms with Gasteiger partial charge in [-0.1, -0.05) is 31.5 Å². The van der Waals surface area contributed by atoms with E-state index >= 15 is 0 Å². The molecule has 11 heteroatoms. The molecule has 1 aliphatic rings. The first kappa shape index (κ1) is 25.2. The normalized spacial score (nSPS) is 15.3. The molecule has 1 atom stereocenters. The third-order valence-corrected chi connectivity index (χ3v) is 8.07. The number of amides is 1. The van der Waals surface area contributed by atoms with Crippen molar-refractivity contribution in [3.05, 3.63) is 54.1 Å². The number of sulfonamides is 2. The van der Waals surface area contributed by atoms with Crippen LogP contribution in [0.15, 0.2) is 58.3 Å². The fourth-order valence-electron chi connectivity index (χ4n) is 3.08. The second kappa shape index (κ2) is 10.2. The van der Waals surface area contributed by atoms with Crippen molar-refractivity contribution in [1.29, 1.82) is 0 Å². The van der Waals surface area contributed by atoms with Gasteiger partial charge in [0, 0.05) is 6.04 Å². The molecule has 180 valence electrons. The molecule has 0 heterocycles. The molecule has 2 aromatic rings. The van der Waals surface area contributed by atoms with Crippen molar-refractivity contribution in [3.8, 4) is 0 Å². The first-order valence-electron chi connectivity index (χ1n) is 10.7. The van der Waals surface area contributed by atoms with Gasteiger partial charge in [0.15, 0.2) is 0 Å². The van der Waals surface area contributed by atoms with Crippen LogP contribution in [0.3, 0.4) is 0 Å². The molecule has 0 radical (unpaired) electrons. The number of hydrogen-bond acceptors (Lipinski definition) is 6. The van der Waals surface area contributed by atoms with E-state index in [-0.39, 0.29) is 21.8 Å². The maximum absolute atomic E-state index is 12.8. The number of hydrazine groups is 1. The monoisotopic (exact) mass is 494 g/mol. The average molecular weight is 495 g/mol. The van der Waals surface area contributed by atoms with E-state index in [1.54, 1.807) is 12.1 Å². The Morgan fingerprint density at radius 1 is 0.909 bits per heavy atom. The van der Waals surface area contributed by atoms with E-state index in [9.17, 15) is 21.6 Å². The summed E-state index contributed by atoms with van der Waals surface area (Å²) in [6, 6.07) is 11.3. The van der Waals surface area contributed by atoms with E-state index in [1.165, 1.54) is 36.4 Å². The smallest absolute Gasteiger partial charge is 0.256 e. The van der Waals surface area contributed by atoms with Crippen LogP contribution in [0.4, 0.5) is 5.69 Å². The number of carbonyl (C=O) groups is 1. The second-order valence-electron chi connectivity index (χ2n) is 8.65. The van der Waals surface area contributed by atoms with Crippen molar-refractivity contribution in [2.75, 3.05) is 5.43 Å². The van der Waals surface area contributed by atoms with Crippen molar-refractivity contribution in [2.24, 2.45) is 5.92 Å². The quantitative estimate of drug-likeness (QED) is 0.354. The van der Waals surface area contributed by atoms with Crippen molar-refractivity contribution in [3.63, 3.8) is 0 Å². The van der Waals surface area contributed by atoms with Gasteiger partial charge in [0.2, 0.25) is 20.0 Å².